The van der Waals surface area contributed by atoms with E-state index in [1.807, 2.05) is 13.8 Å². The number of halogens is 3. The summed E-state index contributed by atoms with van der Waals surface area (Å²) in [6.07, 6.45) is -2.89. The van der Waals surface area contributed by atoms with E-state index < -0.39 is 11.7 Å². The molecule has 2 heterocycles. The number of nitrogens with zero attached hydrogens (tertiary/aromatic N) is 6. The minimum atomic E-state index is -4.48. The smallest absolute Gasteiger partial charge is 0.416 e. The minimum Gasteiger partial charge on any atom is -0.494 e. The molecule has 0 saturated carbocycles. The normalized spacial score (nSPS) is 11.6. The second-order valence-corrected chi connectivity index (χ2v) is 7.63. The number of aromatic nitrogens is 6. The predicted octanol–water partition coefficient (Wildman–Crippen LogP) is 5.31. The number of anilines is 2. The first-order chi connectivity index (χ1) is 16.1. The lowest BCUT2D eigenvalue weighted by molar-refractivity contribution is -0.137. The third-order valence-corrected chi connectivity index (χ3v) is 4.75. The van der Waals surface area contributed by atoms with Gasteiger partial charge in [0.2, 0.25) is 5.95 Å². The lowest BCUT2D eigenvalue weighted by atomic mass is 10.2. The molecule has 0 fully saturated rings. The molecule has 4 aromatic rings. The average molecular weight is 473 g/mol. The van der Waals surface area contributed by atoms with E-state index in [4.69, 9.17) is 9.47 Å². The van der Waals surface area contributed by atoms with Gasteiger partial charge in [0.1, 0.15) is 29.3 Å². The van der Waals surface area contributed by atoms with Crippen molar-refractivity contribution in [3.05, 3.63) is 60.2 Å². The molecule has 0 radical (unpaired) electrons. The van der Waals surface area contributed by atoms with Crippen molar-refractivity contribution in [1.29, 1.82) is 0 Å². The van der Waals surface area contributed by atoms with E-state index in [1.54, 1.807) is 43.2 Å². The van der Waals surface area contributed by atoms with E-state index in [1.165, 1.54) is 16.8 Å². The van der Waals surface area contributed by atoms with Crippen LogP contribution in [-0.2, 0) is 6.18 Å². The van der Waals surface area contributed by atoms with Gasteiger partial charge in [0.15, 0.2) is 0 Å². The van der Waals surface area contributed by atoms with E-state index in [2.05, 4.69) is 25.5 Å². The summed E-state index contributed by atoms with van der Waals surface area (Å²) in [5.41, 5.74) is 0.514. The SMILES string of the molecule is COc1cc(Nc2nc(Oc3cccc(C(F)(F)F)c3)n(C(C)C)n2)ccc1-n1cnc(C)n1. The van der Waals surface area contributed by atoms with Crippen LogP contribution < -0.4 is 14.8 Å². The third-order valence-electron chi connectivity index (χ3n) is 4.75. The highest BCUT2D eigenvalue weighted by atomic mass is 19.4. The molecule has 2 aromatic heterocycles. The molecule has 0 aliphatic rings. The van der Waals surface area contributed by atoms with Crippen molar-refractivity contribution in [2.24, 2.45) is 0 Å². The molecule has 0 saturated heterocycles. The summed E-state index contributed by atoms with van der Waals surface area (Å²) in [5.74, 6) is 1.38. The summed E-state index contributed by atoms with van der Waals surface area (Å²) >= 11 is 0. The molecule has 0 atom stereocenters. The number of hydrogen-bond acceptors (Lipinski definition) is 7. The van der Waals surface area contributed by atoms with Crippen molar-refractivity contribution >= 4 is 11.6 Å². The Kier molecular flexibility index (Phi) is 6.14. The largest absolute Gasteiger partial charge is 0.494 e. The summed E-state index contributed by atoms with van der Waals surface area (Å²) in [6.45, 7) is 5.50. The molecule has 0 aliphatic heterocycles. The Balaban J connectivity index is 1.60. The van der Waals surface area contributed by atoms with Gasteiger partial charge in [0.05, 0.1) is 18.7 Å². The topological polar surface area (TPSA) is 91.9 Å². The standard InChI is InChI=1S/C22H22F3N7O2/c1-13(2)32-21(34-17-7-5-6-15(10-17)22(23,24)25)28-20(30-32)27-16-8-9-18(19(11-16)33-4)31-12-26-14(3)29-31/h5-13H,1-4H3,(H,27,30). The highest BCUT2D eigenvalue weighted by molar-refractivity contribution is 5.61. The molecule has 0 unspecified atom stereocenters. The molecular weight excluding hydrogens is 451 g/mol. The zero-order chi connectivity index (χ0) is 24.5. The summed E-state index contributed by atoms with van der Waals surface area (Å²) in [4.78, 5) is 8.44. The van der Waals surface area contributed by atoms with Gasteiger partial charge in [-0.05, 0) is 51.1 Å². The number of benzene rings is 2. The summed E-state index contributed by atoms with van der Waals surface area (Å²) in [7, 11) is 1.54. The molecular formula is C22H22F3N7O2. The first kappa shape index (κ1) is 23.1. The van der Waals surface area contributed by atoms with Gasteiger partial charge in [-0.15, -0.1) is 5.10 Å². The van der Waals surface area contributed by atoms with Gasteiger partial charge in [-0.3, -0.25) is 0 Å². The van der Waals surface area contributed by atoms with Crippen molar-refractivity contribution in [3.8, 4) is 23.2 Å². The molecule has 0 amide bonds. The highest BCUT2D eigenvalue weighted by Crippen LogP contribution is 2.33. The molecule has 4 rings (SSSR count). The van der Waals surface area contributed by atoms with Gasteiger partial charge >= 0.3 is 12.2 Å². The van der Waals surface area contributed by atoms with Crippen LogP contribution in [-0.4, -0.2) is 36.6 Å². The van der Waals surface area contributed by atoms with Gasteiger partial charge in [-0.2, -0.15) is 23.3 Å². The van der Waals surface area contributed by atoms with Crippen LogP contribution in [0.25, 0.3) is 5.69 Å². The van der Waals surface area contributed by atoms with Crippen LogP contribution >= 0.6 is 0 Å². The second-order valence-electron chi connectivity index (χ2n) is 7.63. The zero-order valence-electron chi connectivity index (χ0n) is 18.8. The Morgan fingerprint density at radius 3 is 2.50 bits per heavy atom. The molecule has 178 valence electrons. The van der Waals surface area contributed by atoms with Crippen LogP contribution in [0.3, 0.4) is 0 Å². The molecule has 0 spiro atoms. The van der Waals surface area contributed by atoms with Crippen molar-refractivity contribution in [3.63, 3.8) is 0 Å². The second kappa shape index (κ2) is 9.04. The quantitative estimate of drug-likeness (QED) is 0.389. The van der Waals surface area contributed by atoms with Gasteiger partial charge in [0, 0.05) is 11.8 Å². The molecule has 0 bridgehead atoms. The minimum absolute atomic E-state index is 0.00447. The number of rotatable bonds is 7. The Hall–Kier alpha value is -4.09. The average Bonchev–Trinajstić information content (AvgIpc) is 3.39. The number of ether oxygens (including phenoxy) is 2. The van der Waals surface area contributed by atoms with Crippen molar-refractivity contribution < 1.29 is 22.6 Å². The molecule has 0 aliphatic carbocycles. The predicted molar refractivity (Wildman–Crippen MR) is 118 cm³/mol. The molecule has 1 N–H and O–H groups in total. The number of methoxy groups -OCH3 is 1. The molecule has 9 nitrogen and oxygen atoms in total. The fourth-order valence-corrected chi connectivity index (χ4v) is 3.14. The van der Waals surface area contributed by atoms with E-state index in [9.17, 15) is 13.2 Å². The fourth-order valence-electron chi connectivity index (χ4n) is 3.14. The van der Waals surface area contributed by atoms with Crippen LogP contribution in [0.15, 0.2) is 48.8 Å². The lowest BCUT2D eigenvalue weighted by Gasteiger charge is -2.11. The maximum Gasteiger partial charge on any atom is 0.416 e. The monoisotopic (exact) mass is 473 g/mol. The molecule has 2 aromatic carbocycles. The number of alkyl halides is 3. The van der Waals surface area contributed by atoms with Gasteiger partial charge < -0.3 is 14.8 Å². The van der Waals surface area contributed by atoms with Crippen molar-refractivity contribution in [2.75, 3.05) is 12.4 Å². The van der Waals surface area contributed by atoms with Crippen molar-refractivity contribution in [2.45, 2.75) is 33.0 Å². The number of nitrogens with one attached hydrogen (secondary N) is 1. The Labute approximate surface area is 193 Å². The summed E-state index contributed by atoms with van der Waals surface area (Å²) in [5, 5.41) is 11.8. The maximum absolute atomic E-state index is 13.0. The highest BCUT2D eigenvalue weighted by Gasteiger charge is 2.31. The van der Waals surface area contributed by atoms with Crippen LogP contribution in [0.4, 0.5) is 24.8 Å². The number of aryl methyl sites for hydroxylation is 1. The Morgan fingerprint density at radius 2 is 1.85 bits per heavy atom. The van der Waals surface area contributed by atoms with Crippen LogP contribution in [0, 0.1) is 6.92 Å². The van der Waals surface area contributed by atoms with E-state index in [-0.39, 0.29) is 23.8 Å². The van der Waals surface area contributed by atoms with E-state index in [0.29, 0.717) is 22.9 Å². The Bertz CT molecular complexity index is 1300. The van der Waals surface area contributed by atoms with Gasteiger partial charge in [-0.1, -0.05) is 6.07 Å². The summed E-state index contributed by atoms with van der Waals surface area (Å²) < 4.78 is 53.3. The van der Waals surface area contributed by atoms with E-state index >= 15 is 0 Å². The fraction of sp³-hybridized carbons (Fsp3) is 0.273. The lowest BCUT2D eigenvalue weighted by Crippen LogP contribution is -2.07. The van der Waals surface area contributed by atoms with Crippen molar-refractivity contribution in [1.82, 2.24) is 29.5 Å². The molecule has 34 heavy (non-hydrogen) atoms. The zero-order valence-corrected chi connectivity index (χ0v) is 18.8. The van der Waals surface area contributed by atoms with Gasteiger partial charge in [-0.25, -0.2) is 14.3 Å². The van der Waals surface area contributed by atoms with Crippen LogP contribution in [0.2, 0.25) is 0 Å². The first-order valence-electron chi connectivity index (χ1n) is 10.3. The third kappa shape index (κ3) is 4.95. The van der Waals surface area contributed by atoms with Gasteiger partial charge in [0.25, 0.3) is 0 Å². The maximum atomic E-state index is 13.0. The number of hydrogen-bond donors (Lipinski definition) is 1. The van der Waals surface area contributed by atoms with E-state index in [0.717, 1.165) is 12.1 Å². The van der Waals surface area contributed by atoms with Crippen LogP contribution in [0.5, 0.6) is 17.5 Å². The van der Waals surface area contributed by atoms with Crippen LogP contribution in [0.1, 0.15) is 31.3 Å². The molecule has 12 heteroatoms. The Morgan fingerprint density at radius 1 is 1.06 bits per heavy atom. The summed E-state index contributed by atoms with van der Waals surface area (Å²) in [6, 6.07) is 9.83. The first-order valence-corrected chi connectivity index (χ1v) is 10.3.